The molecule has 100 valence electrons. The van der Waals surface area contributed by atoms with Crippen molar-refractivity contribution in [3.8, 4) is 0 Å². The minimum Gasteiger partial charge on any atom is -0.435 e. The summed E-state index contributed by atoms with van der Waals surface area (Å²) in [6.07, 6.45) is 7.03. The van der Waals surface area contributed by atoms with Crippen LogP contribution in [0.15, 0.2) is 60.4 Å². The van der Waals surface area contributed by atoms with Crippen LogP contribution in [-0.2, 0) is 14.3 Å². The van der Waals surface area contributed by atoms with E-state index in [0.29, 0.717) is 0 Å². The van der Waals surface area contributed by atoms with Gasteiger partial charge in [0.2, 0.25) is 0 Å². The fraction of sp³-hybridized carbons (Fsp3) is 0.176. The van der Waals surface area contributed by atoms with E-state index in [-0.39, 0.29) is 23.6 Å². The summed E-state index contributed by atoms with van der Waals surface area (Å²) in [6.45, 7) is 1.35. The number of rotatable bonds is 2. The van der Waals surface area contributed by atoms with Crippen LogP contribution in [0.5, 0.6) is 0 Å². The van der Waals surface area contributed by atoms with E-state index in [1.165, 1.54) is 13.2 Å². The van der Waals surface area contributed by atoms with Crippen molar-refractivity contribution in [2.75, 3.05) is 0 Å². The Morgan fingerprint density at radius 3 is 2.55 bits per heavy atom. The second-order valence-electron chi connectivity index (χ2n) is 4.94. The van der Waals surface area contributed by atoms with Crippen LogP contribution in [0.3, 0.4) is 0 Å². The van der Waals surface area contributed by atoms with E-state index in [0.717, 1.165) is 16.7 Å². The Kier molecular flexibility index (Phi) is 3.11. The number of hydrogen-bond acceptors (Lipinski definition) is 3. The monoisotopic (exact) mass is 266 g/mol. The molecule has 0 amide bonds. The molecule has 2 unspecified atom stereocenters. The zero-order valence-electron chi connectivity index (χ0n) is 11.1. The molecule has 0 saturated carbocycles. The van der Waals surface area contributed by atoms with Crippen molar-refractivity contribution >= 4 is 17.3 Å². The Labute approximate surface area is 117 Å². The first-order valence-corrected chi connectivity index (χ1v) is 6.53. The first kappa shape index (κ1) is 12.6. The molecule has 0 N–H and O–H groups in total. The van der Waals surface area contributed by atoms with Crippen LogP contribution in [0.2, 0.25) is 0 Å². The van der Waals surface area contributed by atoms with Gasteiger partial charge in [-0.2, -0.15) is 0 Å². The van der Waals surface area contributed by atoms with Gasteiger partial charge in [0.25, 0.3) is 0 Å². The number of ketones is 1. The van der Waals surface area contributed by atoms with E-state index in [2.05, 4.69) is 0 Å². The minimum absolute atomic E-state index is 0.0134. The number of hydrogen-bond donors (Lipinski definition) is 0. The van der Waals surface area contributed by atoms with Gasteiger partial charge >= 0.3 is 5.97 Å². The van der Waals surface area contributed by atoms with Crippen LogP contribution < -0.4 is 0 Å². The molecule has 0 aromatic heterocycles. The Morgan fingerprint density at radius 2 is 1.85 bits per heavy atom. The molecule has 0 fully saturated rings. The Hall–Kier alpha value is -2.42. The van der Waals surface area contributed by atoms with E-state index in [9.17, 15) is 9.59 Å². The summed E-state index contributed by atoms with van der Waals surface area (Å²) in [5.41, 5.74) is 2.81. The number of benzene rings is 1. The van der Waals surface area contributed by atoms with E-state index in [4.69, 9.17) is 4.74 Å². The van der Waals surface area contributed by atoms with Gasteiger partial charge in [-0.3, -0.25) is 9.59 Å². The molecule has 2 aliphatic rings. The quantitative estimate of drug-likeness (QED) is 0.469. The summed E-state index contributed by atoms with van der Waals surface area (Å²) in [5, 5.41) is 0. The van der Waals surface area contributed by atoms with Gasteiger partial charge in [-0.05, 0) is 22.8 Å². The first-order chi connectivity index (χ1) is 9.66. The fourth-order valence-electron chi connectivity index (χ4n) is 2.70. The zero-order chi connectivity index (χ0) is 14.1. The lowest BCUT2D eigenvalue weighted by Gasteiger charge is -2.23. The smallest absolute Gasteiger partial charge is 0.307 e. The molecule has 2 atom stereocenters. The molecule has 3 nitrogen and oxygen atoms in total. The highest BCUT2D eigenvalue weighted by Gasteiger charge is 2.37. The van der Waals surface area contributed by atoms with Gasteiger partial charge in [0.15, 0.2) is 5.78 Å². The topological polar surface area (TPSA) is 43.4 Å². The van der Waals surface area contributed by atoms with Gasteiger partial charge in [-0.15, -0.1) is 0 Å². The second kappa shape index (κ2) is 4.93. The van der Waals surface area contributed by atoms with Crippen molar-refractivity contribution < 1.29 is 14.3 Å². The van der Waals surface area contributed by atoms with Crippen molar-refractivity contribution in [2.24, 2.45) is 11.8 Å². The molecule has 0 spiro atoms. The number of esters is 1. The molecular formula is C17H14O3. The van der Waals surface area contributed by atoms with Crippen LogP contribution >= 0.6 is 0 Å². The second-order valence-corrected chi connectivity index (χ2v) is 4.94. The maximum atomic E-state index is 12.2. The molecule has 0 aliphatic heterocycles. The van der Waals surface area contributed by atoms with Crippen molar-refractivity contribution in [1.29, 1.82) is 0 Å². The molecule has 3 heteroatoms. The largest absolute Gasteiger partial charge is 0.435 e. The summed E-state index contributed by atoms with van der Waals surface area (Å²) in [7, 11) is 0. The van der Waals surface area contributed by atoms with Crippen LogP contribution in [0.1, 0.15) is 12.5 Å². The maximum Gasteiger partial charge on any atom is 0.307 e. The van der Waals surface area contributed by atoms with Crippen LogP contribution in [-0.4, -0.2) is 11.8 Å². The van der Waals surface area contributed by atoms with Crippen molar-refractivity contribution in [3.05, 3.63) is 66.0 Å². The van der Waals surface area contributed by atoms with Gasteiger partial charge in [-0.25, -0.2) is 0 Å². The van der Waals surface area contributed by atoms with Gasteiger partial charge < -0.3 is 4.74 Å². The maximum absolute atomic E-state index is 12.2. The normalized spacial score (nSPS) is 25.8. The number of fused-ring (bicyclic) bond motifs is 2. The molecule has 1 aromatic carbocycles. The minimum atomic E-state index is -0.375. The Balaban J connectivity index is 2.01. The van der Waals surface area contributed by atoms with E-state index >= 15 is 0 Å². The Morgan fingerprint density at radius 1 is 1.15 bits per heavy atom. The van der Waals surface area contributed by atoms with Gasteiger partial charge in [0, 0.05) is 12.8 Å². The highest BCUT2D eigenvalue weighted by Crippen LogP contribution is 2.43. The molecule has 1 aromatic rings. The fourth-order valence-corrected chi connectivity index (χ4v) is 2.70. The lowest BCUT2D eigenvalue weighted by molar-refractivity contribution is -0.135. The van der Waals surface area contributed by atoms with Crippen LogP contribution in [0, 0.1) is 11.8 Å². The molecule has 0 heterocycles. The average Bonchev–Trinajstić information content (AvgIpc) is 2.79. The Bertz CT molecular complexity index is 650. The van der Waals surface area contributed by atoms with Crippen molar-refractivity contribution in [3.63, 3.8) is 0 Å². The number of allylic oxidation sites excluding steroid dienone is 5. The molecule has 0 radical (unpaired) electrons. The average molecular weight is 266 g/mol. The zero-order valence-corrected chi connectivity index (χ0v) is 11.1. The highest BCUT2D eigenvalue weighted by atomic mass is 16.5. The lowest BCUT2D eigenvalue weighted by Crippen LogP contribution is -2.20. The van der Waals surface area contributed by atoms with Gasteiger partial charge in [0.1, 0.15) is 0 Å². The molecule has 2 bridgehead atoms. The van der Waals surface area contributed by atoms with E-state index < -0.39 is 0 Å². The lowest BCUT2D eigenvalue weighted by atomic mass is 9.79. The number of carbonyl (C=O) groups is 2. The third kappa shape index (κ3) is 2.11. The van der Waals surface area contributed by atoms with Crippen molar-refractivity contribution in [1.82, 2.24) is 0 Å². The summed E-state index contributed by atoms with van der Waals surface area (Å²) in [4.78, 5) is 23.1. The first-order valence-electron chi connectivity index (χ1n) is 6.53. The molecule has 3 rings (SSSR count). The third-order valence-electron chi connectivity index (χ3n) is 3.62. The van der Waals surface area contributed by atoms with Crippen LogP contribution in [0.4, 0.5) is 0 Å². The number of carbonyl (C=O) groups excluding carboxylic acids is 2. The third-order valence-corrected chi connectivity index (χ3v) is 3.62. The molecular weight excluding hydrogens is 252 g/mol. The summed E-state index contributed by atoms with van der Waals surface area (Å²) >= 11 is 0. The van der Waals surface area contributed by atoms with Crippen LogP contribution in [0.25, 0.3) is 5.57 Å². The number of ether oxygens (including phenoxy) is 1. The molecule has 2 aliphatic carbocycles. The summed E-state index contributed by atoms with van der Waals surface area (Å²) < 4.78 is 4.97. The van der Waals surface area contributed by atoms with E-state index in [1.807, 2.05) is 42.5 Å². The predicted octanol–water partition coefficient (Wildman–Crippen LogP) is 2.90. The molecule has 20 heavy (non-hydrogen) atoms. The SMILES string of the molecule is CC(=O)OC=C1C2C=CC1C(c1ccccc1)=CC2=O. The van der Waals surface area contributed by atoms with Crippen molar-refractivity contribution in [2.45, 2.75) is 6.92 Å². The van der Waals surface area contributed by atoms with Gasteiger partial charge in [0.05, 0.1) is 12.2 Å². The van der Waals surface area contributed by atoms with E-state index in [1.54, 1.807) is 6.08 Å². The standard InChI is InChI=1S/C17H14O3/c1-11(18)20-10-16-13-7-8-14(16)17(19)9-15(13)12-5-3-2-4-6-12/h2-10,13-14H,1H3. The highest BCUT2D eigenvalue weighted by molar-refractivity contribution is 6.06. The predicted molar refractivity (Wildman–Crippen MR) is 75.4 cm³/mol. The molecule has 0 saturated heterocycles. The van der Waals surface area contributed by atoms with Gasteiger partial charge in [-0.1, -0.05) is 42.5 Å². The summed E-state index contributed by atoms with van der Waals surface area (Å²) in [6, 6.07) is 9.80. The summed E-state index contributed by atoms with van der Waals surface area (Å²) in [5.74, 6) is -0.612.